The minimum atomic E-state index is -0.574. The van der Waals surface area contributed by atoms with E-state index in [9.17, 15) is 4.79 Å². The molecule has 0 aliphatic carbocycles. The topological polar surface area (TPSA) is 99.5 Å². The fraction of sp³-hybridized carbons (Fsp3) is 0.370. The van der Waals surface area contributed by atoms with Crippen LogP contribution in [0.5, 0.6) is 17.2 Å². The van der Waals surface area contributed by atoms with Crippen LogP contribution in [0.15, 0.2) is 57.3 Å². The minimum absolute atomic E-state index is 0.278. The molecule has 2 aromatic carbocycles. The summed E-state index contributed by atoms with van der Waals surface area (Å²) in [7, 11) is 1.60. The Morgan fingerprint density at radius 2 is 1.97 bits per heavy atom. The number of fused-ring (bicyclic) bond motifs is 1. The van der Waals surface area contributed by atoms with Gasteiger partial charge in [0.15, 0.2) is 11.5 Å². The number of halogens is 1. The molecular weight excluding hydrogens is 570 g/mol. The highest BCUT2D eigenvalue weighted by atomic mass is 79.9. The number of amides is 1. The average Bonchev–Trinajstić information content (AvgIpc) is 3.30. The number of hydrogen-bond donors (Lipinski definition) is 2. The molecule has 0 radical (unpaired) electrons. The summed E-state index contributed by atoms with van der Waals surface area (Å²) in [6.45, 7) is 8.91. The van der Waals surface area contributed by atoms with Gasteiger partial charge in [0.05, 0.1) is 36.1 Å². The van der Waals surface area contributed by atoms with Crippen LogP contribution in [0.3, 0.4) is 0 Å². The average molecular weight is 603 g/mol. The summed E-state index contributed by atoms with van der Waals surface area (Å²) < 4.78 is 19.8. The molecule has 38 heavy (non-hydrogen) atoms. The SMILES string of the molecule is CCCOc1c(Br)cc(C2C(C(=O)Nc3ccccc3OCC)=C(C)Nc3nc(SCC)nn32)cc1OC. The van der Waals surface area contributed by atoms with E-state index in [-0.39, 0.29) is 5.91 Å². The molecule has 3 aromatic rings. The van der Waals surface area contributed by atoms with Crippen molar-refractivity contribution in [3.05, 3.63) is 57.7 Å². The van der Waals surface area contributed by atoms with E-state index in [1.165, 1.54) is 11.8 Å². The second-order valence-corrected chi connectivity index (χ2v) is 10.5. The summed E-state index contributed by atoms with van der Waals surface area (Å²) in [5, 5.41) is 11.7. The van der Waals surface area contributed by atoms with Gasteiger partial charge in [0.2, 0.25) is 11.1 Å². The summed E-state index contributed by atoms with van der Waals surface area (Å²) in [6.07, 6.45) is 0.862. The van der Waals surface area contributed by atoms with Crippen molar-refractivity contribution in [1.29, 1.82) is 0 Å². The van der Waals surface area contributed by atoms with Gasteiger partial charge in [-0.25, -0.2) is 4.68 Å². The van der Waals surface area contributed by atoms with Gasteiger partial charge in [0.25, 0.3) is 5.91 Å². The molecule has 2 heterocycles. The van der Waals surface area contributed by atoms with Crippen molar-refractivity contribution >= 4 is 45.2 Å². The van der Waals surface area contributed by atoms with Crippen molar-refractivity contribution in [2.45, 2.75) is 45.3 Å². The molecule has 0 bridgehead atoms. The quantitative estimate of drug-likeness (QED) is 0.248. The molecule has 0 fully saturated rings. The van der Waals surface area contributed by atoms with Crippen molar-refractivity contribution in [2.75, 3.05) is 36.7 Å². The predicted octanol–water partition coefficient (Wildman–Crippen LogP) is 6.28. The highest BCUT2D eigenvalue weighted by Crippen LogP contribution is 2.43. The summed E-state index contributed by atoms with van der Waals surface area (Å²) in [5.74, 6) is 2.89. The molecule has 0 saturated heterocycles. The summed E-state index contributed by atoms with van der Waals surface area (Å²) in [6, 6.07) is 10.6. The number of nitrogens with one attached hydrogen (secondary N) is 2. The lowest BCUT2D eigenvalue weighted by atomic mass is 9.94. The predicted molar refractivity (Wildman–Crippen MR) is 154 cm³/mol. The highest BCUT2D eigenvalue weighted by Gasteiger charge is 2.35. The van der Waals surface area contributed by atoms with Crippen LogP contribution in [0.2, 0.25) is 0 Å². The van der Waals surface area contributed by atoms with Gasteiger partial charge in [-0.15, -0.1) is 5.10 Å². The number of allylic oxidation sites excluding steroid dienone is 1. The number of thioether (sulfide) groups is 1. The van der Waals surface area contributed by atoms with Crippen molar-refractivity contribution < 1.29 is 19.0 Å². The maximum atomic E-state index is 13.9. The third kappa shape index (κ3) is 5.78. The molecule has 4 rings (SSSR count). The Labute approximate surface area is 235 Å². The molecule has 11 heteroatoms. The molecular formula is C27H32BrN5O4S. The van der Waals surface area contributed by atoms with Crippen molar-refractivity contribution in [3.63, 3.8) is 0 Å². The Kier molecular flexibility index (Phi) is 9.22. The first-order valence-corrected chi connectivity index (χ1v) is 14.3. The third-order valence-electron chi connectivity index (χ3n) is 5.80. The third-order valence-corrected chi connectivity index (χ3v) is 7.11. The Morgan fingerprint density at radius 3 is 2.68 bits per heavy atom. The Hall–Kier alpha value is -3.18. The van der Waals surface area contributed by atoms with Gasteiger partial charge in [-0.3, -0.25) is 4.79 Å². The van der Waals surface area contributed by atoms with Crippen molar-refractivity contribution in [3.8, 4) is 17.2 Å². The van der Waals surface area contributed by atoms with E-state index in [0.29, 0.717) is 58.5 Å². The maximum absolute atomic E-state index is 13.9. The first kappa shape index (κ1) is 27.8. The van der Waals surface area contributed by atoms with Gasteiger partial charge in [-0.05, 0) is 71.8 Å². The first-order valence-electron chi connectivity index (χ1n) is 12.5. The molecule has 1 atom stereocenters. The number of nitrogens with zero attached hydrogens (tertiary/aromatic N) is 3. The smallest absolute Gasteiger partial charge is 0.255 e. The van der Waals surface area contributed by atoms with Crippen molar-refractivity contribution in [1.82, 2.24) is 14.8 Å². The molecule has 1 amide bonds. The van der Waals surface area contributed by atoms with Crippen LogP contribution < -0.4 is 24.8 Å². The molecule has 1 aromatic heterocycles. The van der Waals surface area contributed by atoms with Crippen LogP contribution in [-0.4, -0.2) is 46.7 Å². The van der Waals surface area contributed by atoms with E-state index in [1.54, 1.807) is 11.8 Å². The van der Waals surface area contributed by atoms with Gasteiger partial charge in [0.1, 0.15) is 11.8 Å². The van der Waals surface area contributed by atoms with E-state index in [1.807, 2.05) is 64.1 Å². The first-order chi connectivity index (χ1) is 18.4. The minimum Gasteiger partial charge on any atom is -0.493 e. The summed E-state index contributed by atoms with van der Waals surface area (Å²) in [4.78, 5) is 18.6. The standard InChI is InChI=1S/C27H32BrN5O4S/c1-6-13-37-24-18(28)14-17(15-21(24)35-5)23-22(16(4)29-26-31-27(38-8-3)32-33(23)26)25(34)30-19-11-9-10-12-20(19)36-7-2/h9-12,14-15,23H,6-8,13H2,1-5H3,(H,30,34)(H,29,31,32). The number of aromatic nitrogens is 3. The van der Waals surface area contributed by atoms with Crippen LogP contribution in [0, 0.1) is 0 Å². The van der Waals surface area contributed by atoms with Crippen LogP contribution >= 0.6 is 27.7 Å². The second kappa shape index (κ2) is 12.6. The maximum Gasteiger partial charge on any atom is 0.255 e. The Bertz CT molecular complexity index is 1340. The lowest BCUT2D eigenvalue weighted by Crippen LogP contribution is -2.31. The fourth-order valence-electron chi connectivity index (χ4n) is 4.21. The number of ether oxygens (including phenoxy) is 3. The molecule has 0 spiro atoms. The van der Waals surface area contributed by atoms with E-state index >= 15 is 0 Å². The van der Waals surface area contributed by atoms with Crippen LogP contribution in [0.25, 0.3) is 0 Å². The second-order valence-electron chi connectivity index (χ2n) is 8.43. The van der Waals surface area contributed by atoms with Crippen LogP contribution in [0.4, 0.5) is 11.6 Å². The van der Waals surface area contributed by atoms with Gasteiger partial charge >= 0.3 is 0 Å². The zero-order valence-electron chi connectivity index (χ0n) is 22.1. The number of carbonyl (C=O) groups excluding carboxylic acids is 1. The normalized spacial score (nSPS) is 14.5. The van der Waals surface area contributed by atoms with Gasteiger partial charge in [-0.1, -0.05) is 37.7 Å². The number of hydrogen-bond acceptors (Lipinski definition) is 8. The van der Waals surface area contributed by atoms with Crippen LogP contribution in [-0.2, 0) is 4.79 Å². The fourth-order valence-corrected chi connectivity index (χ4v) is 5.34. The van der Waals surface area contributed by atoms with E-state index < -0.39 is 6.04 Å². The summed E-state index contributed by atoms with van der Waals surface area (Å²) >= 11 is 5.19. The lowest BCUT2D eigenvalue weighted by molar-refractivity contribution is -0.113. The zero-order chi connectivity index (χ0) is 27.2. The molecule has 2 N–H and O–H groups in total. The van der Waals surface area contributed by atoms with Gasteiger partial charge in [-0.2, -0.15) is 4.98 Å². The Balaban J connectivity index is 1.82. The molecule has 1 aliphatic rings. The van der Waals surface area contributed by atoms with E-state index in [2.05, 4.69) is 31.5 Å². The van der Waals surface area contributed by atoms with Crippen LogP contribution in [0.1, 0.15) is 45.7 Å². The summed E-state index contributed by atoms with van der Waals surface area (Å²) in [5.41, 5.74) is 2.56. The monoisotopic (exact) mass is 601 g/mol. The molecule has 202 valence electrons. The molecule has 1 unspecified atom stereocenters. The number of methoxy groups -OCH3 is 1. The largest absolute Gasteiger partial charge is 0.493 e. The highest BCUT2D eigenvalue weighted by molar-refractivity contribution is 9.10. The number of rotatable bonds is 11. The molecule has 0 saturated carbocycles. The van der Waals surface area contributed by atoms with E-state index in [0.717, 1.165) is 22.2 Å². The molecule has 1 aliphatic heterocycles. The number of benzene rings is 2. The number of para-hydroxylation sites is 2. The van der Waals surface area contributed by atoms with Gasteiger partial charge < -0.3 is 24.8 Å². The zero-order valence-corrected chi connectivity index (χ0v) is 24.5. The lowest BCUT2D eigenvalue weighted by Gasteiger charge is -2.29. The number of carbonyl (C=O) groups is 1. The van der Waals surface area contributed by atoms with E-state index in [4.69, 9.17) is 19.3 Å². The Morgan fingerprint density at radius 1 is 1.18 bits per heavy atom. The van der Waals surface area contributed by atoms with Crippen molar-refractivity contribution in [2.24, 2.45) is 0 Å². The number of anilines is 2. The van der Waals surface area contributed by atoms with Gasteiger partial charge in [0, 0.05) is 5.70 Å². The molecule has 9 nitrogen and oxygen atoms in total.